The number of carbonyl (C=O) groups excluding carboxylic acids is 1. The highest BCUT2D eigenvalue weighted by Gasteiger charge is 2.38. The van der Waals surface area contributed by atoms with Crippen LogP contribution in [0.4, 0.5) is 11.4 Å². The molecule has 2 atom stereocenters. The van der Waals surface area contributed by atoms with E-state index in [1.165, 1.54) is 0 Å². The Bertz CT molecular complexity index is 1450. The summed E-state index contributed by atoms with van der Waals surface area (Å²) in [5, 5.41) is 7.20. The highest BCUT2D eigenvalue weighted by molar-refractivity contribution is 6.01. The molecule has 2 aliphatic rings. The number of Topliss-reactive ketones (excluding diaryl/α,β-unsaturated/α-hetero) is 1. The molecule has 0 spiro atoms. The minimum absolute atomic E-state index is 0.0250. The lowest BCUT2D eigenvalue weighted by Gasteiger charge is -2.31. The summed E-state index contributed by atoms with van der Waals surface area (Å²) in [4.78, 5) is 14.1. The van der Waals surface area contributed by atoms with Gasteiger partial charge < -0.3 is 34.3 Å². The van der Waals surface area contributed by atoms with Crippen LogP contribution in [0.3, 0.4) is 0 Å². The molecule has 8 nitrogen and oxygen atoms in total. The second-order valence-corrected chi connectivity index (χ2v) is 10.2. The first-order valence-electron chi connectivity index (χ1n) is 13.4. The molecule has 3 aromatic rings. The number of benzene rings is 3. The molecule has 1 heterocycles. The summed E-state index contributed by atoms with van der Waals surface area (Å²) in [6.07, 6.45) is 1.03. The summed E-state index contributed by atoms with van der Waals surface area (Å²) in [6, 6.07) is 17.2. The summed E-state index contributed by atoms with van der Waals surface area (Å²) in [5.41, 5.74) is 5.17. The first kappa shape index (κ1) is 27.2. The summed E-state index contributed by atoms with van der Waals surface area (Å²) < 4.78 is 28.6. The Hall–Kier alpha value is -4.33. The molecule has 0 saturated carbocycles. The molecule has 0 bridgehead atoms. The van der Waals surface area contributed by atoms with E-state index in [0.29, 0.717) is 47.2 Å². The lowest BCUT2D eigenvalue weighted by molar-refractivity contribution is -0.116. The van der Waals surface area contributed by atoms with E-state index in [0.717, 1.165) is 28.2 Å². The van der Waals surface area contributed by atoms with E-state index in [4.69, 9.17) is 23.7 Å². The van der Waals surface area contributed by atoms with Gasteiger partial charge in [-0.15, -0.1) is 0 Å². The maximum atomic E-state index is 14.1. The van der Waals surface area contributed by atoms with E-state index in [1.807, 2.05) is 68.4 Å². The molecule has 0 fully saturated rings. The maximum Gasteiger partial charge on any atom is 0.203 e. The normalized spacial score (nSPS) is 18.1. The number of anilines is 2. The Labute approximate surface area is 235 Å². The van der Waals surface area contributed by atoms with Crippen LogP contribution < -0.4 is 34.3 Å². The molecule has 2 N–H and O–H groups in total. The molecule has 3 aromatic carbocycles. The highest BCUT2D eigenvalue weighted by atomic mass is 16.5. The first-order valence-corrected chi connectivity index (χ1v) is 13.4. The molecule has 0 aromatic heterocycles. The van der Waals surface area contributed by atoms with Gasteiger partial charge in [0, 0.05) is 23.3 Å². The third-order valence-electron chi connectivity index (χ3n) is 7.38. The van der Waals surface area contributed by atoms with Crippen molar-refractivity contribution in [1.29, 1.82) is 0 Å². The zero-order valence-electron chi connectivity index (χ0n) is 23.8. The fourth-order valence-electron chi connectivity index (χ4n) is 5.60. The van der Waals surface area contributed by atoms with Gasteiger partial charge in [-0.05, 0) is 68.1 Å². The summed E-state index contributed by atoms with van der Waals surface area (Å²) in [5.74, 6) is 2.93. The van der Waals surface area contributed by atoms with Crippen molar-refractivity contribution in [2.24, 2.45) is 0 Å². The number of allylic oxidation sites excluding steroid dienone is 1. The predicted molar refractivity (Wildman–Crippen MR) is 155 cm³/mol. The van der Waals surface area contributed by atoms with Crippen molar-refractivity contribution in [2.75, 3.05) is 39.1 Å². The average Bonchev–Trinajstić information content (AvgIpc) is 3.13. The lowest BCUT2D eigenvalue weighted by Crippen LogP contribution is -2.27. The zero-order chi connectivity index (χ0) is 28.4. The van der Waals surface area contributed by atoms with Crippen LogP contribution in [0.15, 0.2) is 65.9 Å². The third-order valence-corrected chi connectivity index (χ3v) is 7.38. The molecular weight excluding hydrogens is 508 g/mol. The minimum atomic E-state index is -0.467. The Morgan fingerprint density at radius 1 is 0.775 bits per heavy atom. The van der Waals surface area contributed by atoms with Gasteiger partial charge in [0.15, 0.2) is 28.8 Å². The van der Waals surface area contributed by atoms with E-state index in [1.54, 1.807) is 28.4 Å². The van der Waals surface area contributed by atoms with Gasteiger partial charge in [-0.25, -0.2) is 0 Å². The van der Waals surface area contributed by atoms with E-state index in [-0.39, 0.29) is 17.8 Å². The molecule has 0 saturated heterocycles. The molecular formula is C32H36N2O6. The SMILES string of the molecule is COc1cc(C2CC(=O)C3=C(C2)Nc2ccccc2NC3c2ccc(OC)c(OC)c2OC)ccc1OC(C)C. The van der Waals surface area contributed by atoms with Crippen LogP contribution >= 0.6 is 0 Å². The molecule has 1 aliphatic heterocycles. The van der Waals surface area contributed by atoms with Gasteiger partial charge in [0.25, 0.3) is 0 Å². The van der Waals surface area contributed by atoms with Gasteiger partial charge in [0.1, 0.15) is 0 Å². The van der Waals surface area contributed by atoms with Gasteiger partial charge in [0.05, 0.1) is 52.0 Å². The monoisotopic (exact) mass is 544 g/mol. The number of hydrogen-bond acceptors (Lipinski definition) is 8. The van der Waals surface area contributed by atoms with Crippen LogP contribution in [-0.4, -0.2) is 40.3 Å². The van der Waals surface area contributed by atoms with Crippen molar-refractivity contribution >= 4 is 17.2 Å². The van der Waals surface area contributed by atoms with Crippen LogP contribution in [0.2, 0.25) is 0 Å². The van der Waals surface area contributed by atoms with Crippen molar-refractivity contribution in [3.63, 3.8) is 0 Å². The second kappa shape index (κ2) is 11.4. The molecule has 5 rings (SSSR count). The van der Waals surface area contributed by atoms with Gasteiger partial charge in [-0.2, -0.15) is 0 Å². The van der Waals surface area contributed by atoms with E-state index in [9.17, 15) is 4.79 Å². The van der Waals surface area contributed by atoms with Gasteiger partial charge in [-0.3, -0.25) is 4.79 Å². The van der Waals surface area contributed by atoms with Crippen LogP contribution in [0.5, 0.6) is 28.7 Å². The quantitative estimate of drug-likeness (QED) is 0.333. The second-order valence-electron chi connectivity index (χ2n) is 10.2. The van der Waals surface area contributed by atoms with Gasteiger partial charge in [-0.1, -0.05) is 18.2 Å². The molecule has 0 radical (unpaired) electrons. The summed E-state index contributed by atoms with van der Waals surface area (Å²) in [7, 11) is 6.39. The fourth-order valence-corrected chi connectivity index (χ4v) is 5.60. The highest BCUT2D eigenvalue weighted by Crippen LogP contribution is 2.49. The number of para-hydroxylation sites is 2. The van der Waals surface area contributed by atoms with E-state index < -0.39 is 6.04 Å². The Kier molecular flexibility index (Phi) is 7.78. The number of hydrogen-bond donors (Lipinski definition) is 2. The molecule has 40 heavy (non-hydrogen) atoms. The number of ketones is 1. The number of methoxy groups -OCH3 is 4. The standard InChI is InChI=1S/C32H36N2O6/c1-18(2)40-26-13-11-19(17-28(26)37-4)20-15-24-29(25(35)16-20)30(34-23-10-8-7-9-22(23)33-24)21-12-14-27(36-3)32(39-6)31(21)38-5/h7-14,17-18,20,30,33-34H,15-16H2,1-6H3. The molecule has 0 amide bonds. The number of rotatable bonds is 8. The molecule has 1 aliphatic carbocycles. The number of carbonyl (C=O) groups is 1. The Morgan fingerprint density at radius 3 is 2.15 bits per heavy atom. The number of ether oxygens (including phenoxy) is 5. The van der Waals surface area contributed by atoms with Crippen molar-refractivity contribution in [2.45, 2.75) is 44.8 Å². The molecule has 2 unspecified atom stereocenters. The van der Waals surface area contributed by atoms with Crippen molar-refractivity contribution in [1.82, 2.24) is 0 Å². The number of fused-ring (bicyclic) bond motifs is 1. The topological polar surface area (TPSA) is 87.3 Å². The van der Waals surface area contributed by atoms with Crippen molar-refractivity contribution < 1.29 is 28.5 Å². The predicted octanol–water partition coefficient (Wildman–Crippen LogP) is 6.49. The van der Waals surface area contributed by atoms with Gasteiger partial charge in [0.2, 0.25) is 5.75 Å². The van der Waals surface area contributed by atoms with E-state index in [2.05, 4.69) is 10.6 Å². The molecule has 8 heteroatoms. The Morgan fingerprint density at radius 2 is 1.48 bits per heavy atom. The largest absolute Gasteiger partial charge is 0.493 e. The fraction of sp³-hybridized carbons (Fsp3) is 0.344. The zero-order valence-corrected chi connectivity index (χ0v) is 23.8. The van der Waals surface area contributed by atoms with Crippen molar-refractivity contribution in [3.8, 4) is 28.7 Å². The maximum absolute atomic E-state index is 14.1. The van der Waals surface area contributed by atoms with Crippen LogP contribution in [0, 0.1) is 0 Å². The van der Waals surface area contributed by atoms with Crippen LogP contribution in [-0.2, 0) is 4.79 Å². The third kappa shape index (κ3) is 5.01. The average molecular weight is 545 g/mol. The summed E-state index contributed by atoms with van der Waals surface area (Å²) in [6.45, 7) is 3.96. The lowest BCUT2D eigenvalue weighted by atomic mass is 9.78. The Balaban J connectivity index is 1.60. The van der Waals surface area contributed by atoms with Gasteiger partial charge >= 0.3 is 0 Å². The summed E-state index contributed by atoms with van der Waals surface area (Å²) >= 11 is 0. The van der Waals surface area contributed by atoms with Crippen LogP contribution in [0.1, 0.15) is 49.8 Å². The van der Waals surface area contributed by atoms with E-state index >= 15 is 0 Å². The first-order chi connectivity index (χ1) is 19.4. The van der Waals surface area contributed by atoms with Crippen molar-refractivity contribution in [3.05, 3.63) is 77.0 Å². The molecule has 210 valence electrons. The smallest absolute Gasteiger partial charge is 0.203 e. The minimum Gasteiger partial charge on any atom is -0.493 e. The number of nitrogens with one attached hydrogen (secondary N) is 2. The van der Waals surface area contributed by atoms with Crippen LogP contribution in [0.25, 0.3) is 0 Å².